The van der Waals surface area contributed by atoms with E-state index in [-0.39, 0.29) is 24.6 Å². The van der Waals surface area contributed by atoms with Gasteiger partial charge in [-0.2, -0.15) is 0 Å². The van der Waals surface area contributed by atoms with E-state index in [9.17, 15) is 19.2 Å². The van der Waals surface area contributed by atoms with Crippen molar-refractivity contribution in [2.75, 3.05) is 0 Å². The number of rotatable bonds is 12. The van der Waals surface area contributed by atoms with Crippen molar-refractivity contribution in [2.45, 2.75) is 44.8 Å². The van der Waals surface area contributed by atoms with Gasteiger partial charge in [0.1, 0.15) is 5.69 Å². The second-order valence-corrected chi connectivity index (χ2v) is 10.2. The summed E-state index contributed by atoms with van der Waals surface area (Å²) in [6, 6.07) is 27.5. The number of carbonyl (C=O) groups is 4. The van der Waals surface area contributed by atoms with Crippen LogP contribution in [0.2, 0.25) is 0 Å². The van der Waals surface area contributed by atoms with Gasteiger partial charge in [-0.25, -0.2) is 4.98 Å². The highest BCUT2D eigenvalue weighted by atomic mass is 16.2. The number of aromatic nitrogens is 1. The first kappa shape index (κ1) is 29.3. The molecule has 8 nitrogen and oxygen atoms in total. The molecule has 1 heterocycles. The fourth-order valence-corrected chi connectivity index (χ4v) is 4.65. The number of nitrogens with zero attached hydrogens (tertiary/aromatic N) is 1. The van der Waals surface area contributed by atoms with Crippen LogP contribution in [0.1, 0.15) is 41.9 Å². The lowest BCUT2D eigenvalue weighted by molar-refractivity contribution is -0.145. The smallest absolute Gasteiger partial charge is 0.290 e. The summed E-state index contributed by atoms with van der Waals surface area (Å²) in [6.07, 6.45) is 0.305. The van der Waals surface area contributed by atoms with Crippen LogP contribution in [0.15, 0.2) is 97.1 Å². The number of hydrogen-bond acceptors (Lipinski definition) is 6. The van der Waals surface area contributed by atoms with E-state index in [1.807, 2.05) is 55.5 Å². The molecule has 1 aromatic heterocycles. The molecule has 0 unspecified atom stereocenters. The van der Waals surface area contributed by atoms with Gasteiger partial charge >= 0.3 is 0 Å². The number of fused-ring (bicyclic) bond motifs is 1. The Balaban J connectivity index is 1.63. The lowest BCUT2D eigenvalue weighted by atomic mass is 9.77. The molecule has 2 amide bonds. The molecule has 0 aliphatic carbocycles. The molecule has 0 saturated carbocycles. The van der Waals surface area contributed by atoms with Crippen LogP contribution >= 0.6 is 0 Å². The molecule has 3 atom stereocenters. The minimum absolute atomic E-state index is 0.0974. The maximum atomic E-state index is 14.2. The summed E-state index contributed by atoms with van der Waals surface area (Å²) < 4.78 is 0. The molecular formula is C33H34N4O4. The number of hydrogen-bond donors (Lipinski definition) is 3. The highest BCUT2D eigenvalue weighted by molar-refractivity contribution is 6.44. The highest BCUT2D eigenvalue weighted by Gasteiger charge is 2.49. The molecule has 0 fully saturated rings. The Hall–Kier alpha value is -4.69. The molecule has 3 aromatic carbocycles. The molecule has 0 saturated heterocycles. The van der Waals surface area contributed by atoms with Crippen molar-refractivity contribution in [2.24, 2.45) is 11.7 Å². The number of para-hydroxylation sites is 1. The van der Waals surface area contributed by atoms with Gasteiger partial charge in [0, 0.05) is 18.4 Å². The van der Waals surface area contributed by atoms with E-state index < -0.39 is 35.0 Å². The molecular weight excluding hydrogens is 516 g/mol. The van der Waals surface area contributed by atoms with Gasteiger partial charge in [-0.05, 0) is 29.2 Å². The molecule has 4 rings (SSSR count). The Bertz CT molecular complexity index is 1540. The quantitative estimate of drug-likeness (QED) is 0.182. The molecule has 8 heteroatoms. The first-order chi connectivity index (χ1) is 19.7. The average molecular weight is 551 g/mol. The van der Waals surface area contributed by atoms with Gasteiger partial charge in [0.25, 0.3) is 11.8 Å². The number of benzene rings is 3. The summed E-state index contributed by atoms with van der Waals surface area (Å²) in [6.45, 7) is 3.76. The molecule has 210 valence electrons. The predicted octanol–water partition coefficient (Wildman–Crippen LogP) is 3.77. The fraction of sp³-hybridized carbons (Fsp3) is 0.242. The Kier molecular flexibility index (Phi) is 9.37. The highest BCUT2D eigenvalue weighted by Crippen LogP contribution is 2.22. The SMILES string of the molecule is CC[C@H](C)[C@H](NC(=O)c1ccc2ccccc2n1)C(=O)[C@@](N)(Cc1ccccc1)C(=O)C(=O)NCc1ccccc1. The van der Waals surface area contributed by atoms with Crippen molar-refractivity contribution in [3.8, 4) is 0 Å². The number of ketones is 2. The number of Topliss-reactive ketones (excluding diaryl/α,β-unsaturated/α-hetero) is 2. The van der Waals surface area contributed by atoms with E-state index >= 15 is 0 Å². The largest absolute Gasteiger partial charge is 0.345 e. The maximum absolute atomic E-state index is 14.2. The third kappa shape index (κ3) is 6.91. The maximum Gasteiger partial charge on any atom is 0.290 e. The predicted molar refractivity (Wildman–Crippen MR) is 158 cm³/mol. The summed E-state index contributed by atoms with van der Waals surface area (Å²) >= 11 is 0. The van der Waals surface area contributed by atoms with E-state index in [2.05, 4.69) is 15.6 Å². The number of pyridine rings is 1. The van der Waals surface area contributed by atoms with E-state index in [1.165, 1.54) is 0 Å². The molecule has 0 radical (unpaired) electrons. The second-order valence-electron chi connectivity index (χ2n) is 10.2. The Labute approximate surface area is 239 Å². The molecule has 4 N–H and O–H groups in total. The summed E-state index contributed by atoms with van der Waals surface area (Å²) in [5.74, 6) is -3.72. The first-order valence-corrected chi connectivity index (χ1v) is 13.6. The van der Waals surface area contributed by atoms with Crippen molar-refractivity contribution in [3.63, 3.8) is 0 Å². The van der Waals surface area contributed by atoms with Crippen LogP contribution in [0, 0.1) is 5.92 Å². The lowest BCUT2D eigenvalue weighted by Gasteiger charge is -2.33. The van der Waals surface area contributed by atoms with Crippen molar-refractivity contribution >= 4 is 34.3 Å². The Morgan fingerprint density at radius 3 is 2.10 bits per heavy atom. The van der Waals surface area contributed by atoms with Gasteiger partial charge in [0.05, 0.1) is 11.6 Å². The average Bonchev–Trinajstić information content (AvgIpc) is 3.01. The van der Waals surface area contributed by atoms with Crippen molar-refractivity contribution in [1.82, 2.24) is 15.6 Å². The molecule has 0 spiro atoms. The number of nitrogens with one attached hydrogen (secondary N) is 2. The van der Waals surface area contributed by atoms with Gasteiger partial charge in [0.2, 0.25) is 5.78 Å². The monoisotopic (exact) mass is 550 g/mol. The van der Waals surface area contributed by atoms with Crippen LogP contribution in [0.4, 0.5) is 0 Å². The van der Waals surface area contributed by atoms with Crippen LogP contribution in [-0.2, 0) is 27.3 Å². The molecule has 0 aliphatic heterocycles. The first-order valence-electron chi connectivity index (χ1n) is 13.6. The third-order valence-corrected chi connectivity index (χ3v) is 7.29. The van der Waals surface area contributed by atoms with Gasteiger partial charge in [-0.1, -0.05) is 105 Å². The van der Waals surface area contributed by atoms with E-state index in [4.69, 9.17) is 5.73 Å². The minimum Gasteiger partial charge on any atom is -0.345 e. The van der Waals surface area contributed by atoms with Crippen molar-refractivity contribution < 1.29 is 19.2 Å². The van der Waals surface area contributed by atoms with Gasteiger partial charge in [0.15, 0.2) is 11.3 Å². The summed E-state index contributed by atoms with van der Waals surface area (Å²) in [5.41, 5.74) is 6.58. The molecule has 0 aliphatic rings. The summed E-state index contributed by atoms with van der Waals surface area (Å²) in [7, 11) is 0. The Morgan fingerprint density at radius 2 is 1.44 bits per heavy atom. The topological polar surface area (TPSA) is 131 Å². The van der Waals surface area contributed by atoms with Crippen LogP contribution in [-0.4, -0.2) is 39.9 Å². The van der Waals surface area contributed by atoms with Crippen LogP contribution in [0.5, 0.6) is 0 Å². The molecule has 41 heavy (non-hydrogen) atoms. The third-order valence-electron chi connectivity index (χ3n) is 7.29. The fourth-order valence-electron chi connectivity index (χ4n) is 4.65. The molecule has 4 aromatic rings. The van der Waals surface area contributed by atoms with Crippen LogP contribution < -0.4 is 16.4 Å². The zero-order valence-electron chi connectivity index (χ0n) is 23.2. The Morgan fingerprint density at radius 1 is 0.829 bits per heavy atom. The zero-order valence-corrected chi connectivity index (χ0v) is 23.2. The number of nitrogens with two attached hydrogens (primary N) is 1. The van der Waals surface area contributed by atoms with Crippen LogP contribution in [0.3, 0.4) is 0 Å². The standard InChI is InChI=1S/C33H34N4O4/c1-3-22(2)28(37-31(40)27-19-18-25-16-10-11-17-26(25)36-27)29(38)33(34,20-23-12-6-4-7-13-23)30(39)32(41)35-21-24-14-8-5-9-15-24/h4-19,22,28H,3,20-21,34H2,1-2H3,(H,35,41)(H,37,40)/t22-,28-,33-/m0/s1. The lowest BCUT2D eigenvalue weighted by Crippen LogP contribution is -2.66. The summed E-state index contributed by atoms with van der Waals surface area (Å²) in [5, 5.41) is 6.24. The summed E-state index contributed by atoms with van der Waals surface area (Å²) in [4.78, 5) is 58.7. The van der Waals surface area contributed by atoms with E-state index in [1.54, 1.807) is 55.5 Å². The number of amides is 2. The van der Waals surface area contributed by atoms with E-state index in [0.29, 0.717) is 17.5 Å². The van der Waals surface area contributed by atoms with Gasteiger partial charge in [-0.3, -0.25) is 19.2 Å². The van der Waals surface area contributed by atoms with Gasteiger partial charge in [-0.15, -0.1) is 0 Å². The number of carbonyl (C=O) groups excluding carboxylic acids is 4. The van der Waals surface area contributed by atoms with Crippen molar-refractivity contribution in [1.29, 1.82) is 0 Å². The van der Waals surface area contributed by atoms with Crippen LogP contribution in [0.25, 0.3) is 10.9 Å². The normalized spacial score (nSPS) is 13.9. The van der Waals surface area contributed by atoms with E-state index in [0.717, 1.165) is 10.9 Å². The van der Waals surface area contributed by atoms with Gasteiger partial charge < -0.3 is 16.4 Å². The second kappa shape index (κ2) is 13.1. The van der Waals surface area contributed by atoms with Crippen molar-refractivity contribution in [3.05, 3.63) is 114 Å². The zero-order chi connectivity index (χ0) is 29.4. The molecule has 0 bridgehead atoms. The minimum atomic E-state index is -2.22.